The van der Waals surface area contributed by atoms with E-state index >= 15 is 0 Å². The number of nitrogens with one attached hydrogen (secondary N) is 1. The number of ether oxygens (including phenoxy) is 1. The number of methoxy groups -OCH3 is 1. The molecule has 1 saturated heterocycles. The summed E-state index contributed by atoms with van der Waals surface area (Å²) in [4.78, 5) is 4.76. The van der Waals surface area contributed by atoms with Gasteiger partial charge in [-0.15, -0.1) is 0 Å². The van der Waals surface area contributed by atoms with Gasteiger partial charge in [0.25, 0.3) is 0 Å². The van der Waals surface area contributed by atoms with Crippen LogP contribution in [-0.2, 0) is 10.2 Å². The number of rotatable bonds is 4. The first-order valence-electron chi connectivity index (χ1n) is 8.34. The van der Waals surface area contributed by atoms with E-state index in [4.69, 9.17) is 14.2 Å². The van der Waals surface area contributed by atoms with Crippen LogP contribution in [0.4, 0.5) is 0 Å². The molecule has 0 aliphatic carbocycles. The molecule has 3 aromatic rings. The normalized spacial score (nSPS) is 17.2. The second kappa shape index (κ2) is 6.34. The van der Waals surface area contributed by atoms with Crippen molar-refractivity contribution in [2.75, 3.05) is 26.8 Å². The Labute approximate surface area is 141 Å². The number of piperidine rings is 1. The third kappa shape index (κ3) is 2.60. The smallest absolute Gasteiger partial charge is 0.235 e. The second-order valence-corrected chi connectivity index (χ2v) is 6.41. The molecule has 0 atom stereocenters. The fraction of sp³-hybridized carbons (Fsp3) is 0.368. The number of hydrogen-bond donors (Lipinski definition) is 1. The highest BCUT2D eigenvalue weighted by Gasteiger charge is 2.39. The van der Waals surface area contributed by atoms with Crippen molar-refractivity contribution < 1.29 is 9.26 Å². The Morgan fingerprint density at radius 1 is 1.12 bits per heavy atom. The van der Waals surface area contributed by atoms with E-state index in [2.05, 4.69) is 28.7 Å². The predicted molar refractivity (Wildman–Crippen MR) is 92.9 cm³/mol. The Hall–Kier alpha value is -2.24. The molecule has 24 heavy (non-hydrogen) atoms. The van der Waals surface area contributed by atoms with Gasteiger partial charge in [0.1, 0.15) is 0 Å². The zero-order valence-electron chi connectivity index (χ0n) is 13.8. The Morgan fingerprint density at radius 2 is 1.92 bits per heavy atom. The van der Waals surface area contributed by atoms with E-state index in [0.717, 1.165) is 36.9 Å². The van der Waals surface area contributed by atoms with E-state index in [1.54, 1.807) is 7.11 Å². The van der Waals surface area contributed by atoms with Gasteiger partial charge in [-0.3, -0.25) is 0 Å². The van der Waals surface area contributed by atoms with Gasteiger partial charge in [-0.25, -0.2) is 0 Å². The van der Waals surface area contributed by atoms with Crippen LogP contribution in [0.3, 0.4) is 0 Å². The average Bonchev–Trinajstić information content (AvgIpc) is 3.13. The number of benzene rings is 2. The van der Waals surface area contributed by atoms with Gasteiger partial charge in [-0.2, -0.15) is 4.98 Å². The van der Waals surface area contributed by atoms with Crippen molar-refractivity contribution in [3.63, 3.8) is 0 Å². The Balaban J connectivity index is 1.76. The van der Waals surface area contributed by atoms with Gasteiger partial charge in [0, 0.05) is 12.7 Å². The summed E-state index contributed by atoms with van der Waals surface area (Å²) in [5.74, 6) is 1.34. The lowest BCUT2D eigenvalue weighted by Gasteiger charge is -2.33. The van der Waals surface area contributed by atoms with Crippen molar-refractivity contribution in [3.05, 3.63) is 48.4 Å². The summed E-state index contributed by atoms with van der Waals surface area (Å²) >= 11 is 0. The monoisotopic (exact) mass is 323 g/mol. The van der Waals surface area contributed by atoms with Gasteiger partial charge in [0.15, 0.2) is 0 Å². The van der Waals surface area contributed by atoms with Crippen LogP contribution in [0.1, 0.15) is 18.7 Å². The van der Waals surface area contributed by atoms with Crippen LogP contribution in [0.5, 0.6) is 0 Å². The fourth-order valence-electron chi connectivity index (χ4n) is 3.57. The van der Waals surface area contributed by atoms with E-state index < -0.39 is 0 Å². The van der Waals surface area contributed by atoms with Crippen LogP contribution in [0.15, 0.2) is 47.0 Å². The van der Waals surface area contributed by atoms with Gasteiger partial charge in [-0.05, 0) is 36.7 Å². The number of nitrogens with zero attached hydrogens (tertiary/aromatic N) is 2. The van der Waals surface area contributed by atoms with Gasteiger partial charge >= 0.3 is 0 Å². The minimum Gasteiger partial charge on any atom is -0.384 e. The molecule has 2 heterocycles. The third-order valence-electron chi connectivity index (χ3n) is 4.89. The van der Waals surface area contributed by atoms with Crippen molar-refractivity contribution in [1.29, 1.82) is 0 Å². The largest absolute Gasteiger partial charge is 0.384 e. The van der Waals surface area contributed by atoms with E-state index in [1.807, 2.05) is 24.3 Å². The molecule has 5 heteroatoms. The van der Waals surface area contributed by atoms with Crippen LogP contribution in [-0.4, -0.2) is 36.9 Å². The third-order valence-corrected chi connectivity index (χ3v) is 4.89. The van der Waals surface area contributed by atoms with Crippen LogP contribution in [0.2, 0.25) is 0 Å². The molecule has 0 saturated carbocycles. The first-order valence-corrected chi connectivity index (χ1v) is 8.34. The minimum atomic E-state index is -0.185. The van der Waals surface area contributed by atoms with Gasteiger partial charge < -0.3 is 14.6 Å². The highest BCUT2D eigenvalue weighted by Crippen LogP contribution is 2.35. The molecule has 4 rings (SSSR count). The summed E-state index contributed by atoms with van der Waals surface area (Å²) in [5.41, 5.74) is 0.820. The lowest BCUT2D eigenvalue weighted by molar-refractivity contribution is 0.0850. The molecule has 1 N–H and O–H groups in total. The van der Waals surface area contributed by atoms with E-state index in [9.17, 15) is 0 Å². The SMILES string of the molecule is COCC1(c2nc(-c3cccc4ccccc34)no2)CCNCC1. The topological polar surface area (TPSA) is 60.2 Å². The highest BCUT2D eigenvalue weighted by atomic mass is 16.5. The number of hydrogen-bond acceptors (Lipinski definition) is 5. The van der Waals surface area contributed by atoms with E-state index in [0.29, 0.717) is 18.3 Å². The van der Waals surface area contributed by atoms with Crippen LogP contribution in [0.25, 0.3) is 22.2 Å². The summed E-state index contributed by atoms with van der Waals surface area (Å²) in [6, 6.07) is 14.4. The average molecular weight is 323 g/mol. The van der Waals surface area contributed by atoms with Crippen molar-refractivity contribution in [2.45, 2.75) is 18.3 Å². The maximum Gasteiger partial charge on any atom is 0.235 e. The molecule has 0 unspecified atom stereocenters. The molecule has 1 aliphatic heterocycles. The lowest BCUT2D eigenvalue weighted by Crippen LogP contribution is -2.43. The maximum atomic E-state index is 5.69. The van der Waals surface area contributed by atoms with Crippen LogP contribution < -0.4 is 5.32 Å². The molecule has 1 fully saturated rings. The number of aromatic nitrogens is 2. The Morgan fingerprint density at radius 3 is 2.75 bits per heavy atom. The first kappa shape index (κ1) is 15.3. The summed E-state index contributed by atoms with van der Waals surface area (Å²) in [5, 5.41) is 9.98. The molecule has 1 aliphatic rings. The molecule has 0 spiro atoms. The maximum absolute atomic E-state index is 5.69. The number of fused-ring (bicyclic) bond motifs is 1. The molecule has 2 aromatic carbocycles. The molecular formula is C19H21N3O2. The van der Waals surface area contributed by atoms with Crippen molar-refractivity contribution in [1.82, 2.24) is 15.5 Å². The first-order chi connectivity index (χ1) is 11.8. The molecule has 0 amide bonds. The molecule has 0 radical (unpaired) electrons. The molecule has 124 valence electrons. The van der Waals surface area contributed by atoms with Gasteiger partial charge in [0.05, 0.1) is 12.0 Å². The van der Waals surface area contributed by atoms with Crippen molar-refractivity contribution in [2.24, 2.45) is 0 Å². The van der Waals surface area contributed by atoms with Crippen LogP contribution in [0, 0.1) is 0 Å². The molecule has 0 bridgehead atoms. The molecule has 1 aromatic heterocycles. The van der Waals surface area contributed by atoms with E-state index in [1.165, 1.54) is 5.39 Å². The van der Waals surface area contributed by atoms with Gasteiger partial charge in [0.2, 0.25) is 11.7 Å². The van der Waals surface area contributed by atoms with Crippen molar-refractivity contribution in [3.8, 4) is 11.4 Å². The quantitative estimate of drug-likeness (QED) is 0.799. The molecule has 5 nitrogen and oxygen atoms in total. The summed E-state index contributed by atoms with van der Waals surface area (Å²) < 4.78 is 11.2. The van der Waals surface area contributed by atoms with Crippen LogP contribution >= 0.6 is 0 Å². The Bertz CT molecular complexity index is 826. The fourth-order valence-corrected chi connectivity index (χ4v) is 3.57. The Kier molecular flexibility index (Phi) is 4.04. The van der Waals surface area contributed by atoms with Crippen molar-refractivity contribution >= 4 is 10.8 Å². The second-order valence-electron chi connectivity index (χ2n) is 6.41. The lowest BCUT2D eigenvalue weighted by atomic mass is 9.79. The van der Waals surface area contributed by atoms with E-state index in [-0.39, 0.29) is 5.41 Å². The predicted octanol–water partition coefficient (Wildman–Crippen LogP) is 3.16. The zero-order chi connectivity index (χ0) is 16.4. The standard InChI is InChI=1S/C19H21N3O2/c1-23-13-19(9-11-20-12-10-19)18-21-17(22-24-18)16-8-4-6-14-5-2-3-7-15(14)16/h2-8,20H,9-13H2,1H3. The zero-order valence-corrected chi connectivity index (χ0v) is 13.8. The minimum absolute atomic E-state index is 0.185. The van der Waals surface area contributed by atoms with Gasteiger partial charge in [-0.1, -0.05) is 47.6 Å². The summed E-state index contributed by atoms with van der Waals surface area (Å²) in [6.07, 6.45) is 1.88. The molecular weight excluding hydrogens is 302 g/mol. The summed E-state index contributed by atoms with van der Waals surface area (Å²) in [6.45, 7) is 2.48. The summed E-state index contributed by atoms with van der Waals surface area (Å²) in [7, 11) is 1.73. The highest BCUT2D eigenvalue weighted by molar-refractivity contribution is 5.94.